The van der Waals surface area contributed by atoms with Crippen LogP contribution in [-0.2, 0) is 13.0 Å². The molecule has 3 aromatic rings. The van der Waals surface area contributed by atoms with E-state index in [1.807, 2.05) is 0 Å². The fraction of sp³-hybridized carbons (Fsp3) is 0.353. The van der Waals surface area contributed by atoms with Crippen molar-refractivity contribution in [2.75, 3.05) is 7.11 Å². The predicted octanol–water partition coefficient (Wildman–Crippen LogP) is 3.33. The molecular weight excluding hydrogens is 387 g/mol. The molecule has 0 aliphatic rings. The third-order valence-electron chi connectivity index (χ3n) is 4.14. The normalized spacial score (nSPS) is 12.5. The van der Waals surface area contributed by atoms with E-state index in [2.05, 4.69) is 10.1 Å². The molecule has 0 atom stereocenters. The van der Waals surface area contributed by atoms with Gasteiger partial charge >= 0.3 is 12.1 Å². The maximum absolute atomic E-state index is 13.3. The Hall–Kier alpha value is -2.98. The first-order valence-electron chi connectivity index (χ1n) is 8.14. The number of halogens is 5. The summed E-state index contributed by atoms with van der Waals surface area (Å²) >= 11 is 0. The fourth-order valence-corrected chi connectivity index (χ4v) is 2.71. The highest BCUT2D eigenvalue weighted by molar-refractivity contribution is 5.65. The number of methoxy groups -OCH3 is 1. The van der Waals surface area contributed by atoms with Gasteiger partial charge in [-0.1, -0.05) is 6.92 Å². The molecule has 0 saturated carbocycles. The zero-order valence-electron chi connectivity index (χ0n) is 14.8. The van der Waals surface area contributed by atoms with Crippen LogP contribution in [0.3, 0.4) is 0 Å². The molecule has 0 amide bonds. The van der Waals surface area contributed by atoms with E-state index in [4.69, 9.17) is 4.74 Å². The van der Waals surface area contributed by atoms with E-state index in [1.54, 1.807) is 19.1 Å². The van der Waals surface area contributed by atoms with E-state index < -0.39 is 24.2 Å². The van der Waals surface area contributed by atoms with Crippen molar-refractivity contribution < 1.29 is 26.7 Å². The average molecular weight is 402 g/mol. The molecule has 0 saturated heterocycles. The second-order valence-electron chi connectivity index (χ2n) is 6.02. The first-order chi connectivity index (χ1) is 13.1. The van der Waals surface area contributed by atoms with E-state index in [0.29, 0.717) is 28.2 Å². The van der Waals surface area contributed by atoms with Gasteiger partial charge in [0.05, 0.1) is 24.6 Å². The predicted molar refractivity (Wildman–Crippen MR) is 89.6 cm³/mol. The van der Waals surface area contributed by atoms with Gasteiger partial charge in [-0.05, 0) is 12.5 Å². The molecule has 28 heavy (non-hydrogen) atoms. The van der Waals surface area contributed by atoms with Crippen molar-refractivity contribution in [2.24, 2.45) is 0 Å². The largest absolute Gasteiger partial charge is 0.497 e. The van der Waals surface area contributed by atoms with E-state index >= 15 is 0 Å². The minimum absolute atomic E-state index is 0.0896. The highest BCUT2D eigenvalue weighted by Gasteiger charge is 2.57. The van der Waals surface area contributed by atoms with Gasteiger partial charge in [-0.2, -0.15) is 27.1 Å². The third kappa shape index (κ3) is 3.43. The molecule has 0 aromatic carbocycles. The number of pyridine rings is 1. The molecule has 0 aliphatic heterocycles. The lowest BCUT2D eigenvalue weighted by Gasteiger charge is -2.19. The minimum atomic E-state index is -5.70. The first kappa shape index (κ1) is 19.8. The van der Waals surface area contributed by atoms with Gasteiger partial charge in [0.2, 0.25) is 0 Å². The van der Waals surface area contributed by atoms with Crippen molar-refractivity contribution >= 4 is 5.65 Å². The van der Waals surface area contributed by atoms with Crippen LogP contribution in [0.5, 0.6) is 5.75 Å². The lowest BCUT2D eigenvalue weighted by Crippen LogP contribution is -2.40. The van der Waals surface area contributed by atoms with E-state index in [9.17, 15) is 26.7 Å². The number of aryl methyl sites for hydroxylation is 1. The summed E-state index contributed by atoms with van der Waals surface area (Å²) in [5.74, 6) is -4.46. The van der Waals surface area contributed by atoms with E-state index in [1.165, 1.54) is 17.7 Å². The Morgan fingerprint density at radius 2 is 1.93 bits per heavy atom. The summed E-state index contributed by atoms with van der Waals surface area (Å²) in [6.45, 7) is 0.0572. The number of nitrogens with zero attached hydrogens (tertiary/aromatic N) is 4. The minimum Gasteiger partial charge on any atom is -0.497 e. The Labute approximate surface area is 155 Å². The molecule has 11 heteroatoms. The average Bonchev–Trinajstić information content (AvgIpc) is 3.07. The fourth-order valence-electron chi connectivity index (χ4n) is 2.71. The summed E-state index contributed by atoms with van der Waals surface area (Å²) in [4.78, 5) is 17.3. The van der Waals surface area contributed by atoms with Gasteiger partial charge in [0, 0.05) is 24.0 Å². The molecular formula is C17H15F5N4O2. The molecule has 3 rings (SSSR count). The second kappa shape index (κ2) is 6.88. The summed E-state index contributed by atoms with van der Waals surface area (Å²) in [6.07, 6.45) is -1.87. The Morgan fingerprint density at radius 3 is 2.54 bits per heavy atom. The molecule has 0 bridgehead atoms. The molecule has 3 heterocycles. The summed E-state index contributed by atoms with van der Waals surface area (Å²) in [5, 5.41) is 3.56. The standard InChI is InChI=1S/C17H15F5N4O2/c1-3-12-14(15(27)26-5-4-11(28-2)6-13(26)24-12)10-7-23-25(8-10)9-16(18,19)17(20,21)22/h4-8H,3,9H2,1-2H3. The van der Waals surface area contributed by atoms with Gasteiger partial charge in [-0.3, -0.25) is 13.9 Å². The maximum atomic E-state index is 13.3. The number of fused-ring (bicyclic) bond motifs is 1. The summed E-state index contributed by atoms with van der Waals surface area (Å²) in [5.41, 5.74) is 0.386. The van der Waals surface area contributed by atoms with Crippen molar-refractivity contribution in [3.63, 3.8) is 0 Å². The molecule has 0 fully saturated rings. The van der Waals surface area contributed by atoms with Crippen molar-refractivity contribution in [2.45, 2.75) is 32.0 Å². The monoisotopic (exact) mass is 402 g/mol. The molecule has 150 valence electrons. The zero-order chi connectivity index (χ0) is 20.7. The van der Waals surface area contributed by atoms with E-state index in [-0.39, 0.29) is 11.1 Å². The number of hydrogen-bond acceptors (Lipinski definition) is 4. The number of hydrogen-bond donors (Lipinski definition) is 0. The van der Waals surface area contributed by atoms with Crippen LogP contribution < -0.4 is 10.3 Å². The SMILES string of the molecule is CCc1nc2cc(OC)ccn2c(=O)c1-c1cnn(CC(F)(F)C(F)(F)F)c1. The third-order valence-corrected chi connectivity index (χ3v) is 4.14. The Balaban J connectivity index is 2.08. The van der Waals surface area contributed by atoms with Crippen LogP contribution in [0.1, 0.15) is 12.6 Å². The smallest absolute Gasteiger partial charge is 0.455 e. The lowest BCUT2D eigenvalue weighted by atomic mass is 10.1. The summed E-state index contributed by atoms with van der Waals surface area (Å²) < 4.78 is 70.5. The van der Waals surface area contributed by atoms with Gasteiger partial charge in [0.15, 0.2) is 0 Å². The molecule has 0 radical (unpaired) electrons. The molecule has 6 nitrogen and oxygen atoms in total. The van der Waals surface area contributed by atoms with Gasteiger partial charge in [-0.15, -0.1) is 0 Å². The van der Waals surface area contributed by atoms with Crippen molar-refractivity contribution in [3.8, 4) is 16.9 Å². The van der Waals surface area contributed by atoms with Crippen molar-refractivity contribution in [1.29, 1.82) is 0 Å². The van der Waals surface area contributed by atoms with Gasteiger partial charge in [-0.25, -0.2) is 4.98 Å². The van der Waals surface area contributed by atoms with Crippen LogP contribution in [0.4, 0.5) is 22.0 Å². The number of aromatic nitrogens is 4. The molecule has 0 aliphatic carbocycles. The van der Waals surface area contributed by atoms with Crippen LogP contribution in [0.15, 0.2) is 35.5 Å². The van der Waals surface area contributed by atoms with Crippen LogP contribution in [0.2, 0.25) is 0 Å². The Morgan fingerprint density at radius 1 is 1.21 bits per heavy atom. The van der Waals surface area contributed by atoms with Crippen molar-refractivity contribution in [3.05, 3.63) is 46.8 Å². The van der Waals surface area contributed by atoms with E-state index in [0.717, 1.165) is 12.4 Å². The van der Waals surface area contributed by atoms with Gasteiger partial charge in [0.1, 0.15) is 17.9 Å². The topological polar surface area (TPSA) is 61.4 Å². The second-order valence-corrected chi connectivity index (χ2v) is 6.02. The molecule has 0 spiro atoms. The van der Waals surface area contributed by atoms with Crippen LogP contribution in [0, 0.1) is 0 Å². The quantitative estimate of drug-likeness (QED) is 0.615. The molecule has 0 unspecified atom stereocenters. The number of rotatable bonds is 5. The number of ether oxygens (including phenoxy) is 1. The zero-order valence-corrected chi connectivity index (χ0v) is 14.8. The highest BCUT2D eigenvalue weighted by Crippen LogP contribution is 2.36. The van der Waals surface area contributed by atoms with Gasteiger partial charge < -0.3 is 4.74 Å². The highest BCUT2D eigenvalue weighted by atomic mass is 19.4. The number of alkyl halides is 5. The summed E-state index contributed by atoms with van der Waals surface area (Å²) in [7, 11) is 1.46. The van der Waals surface area contributed by atoms with Crippen molar-refractivity contribution in [1.82, 2.24) is 19.2 Å². The Bertz CT molecular complexity index is 1070. The lowest BCUT2D eigenvalue weighted by molar-refractivity contribution is -0.287. The molecule has 3 aromatic heterocycles. The van der Waals surface area contributed by atoms with Gasteiger partial charge in [0.25, 0.3) is 5.56 Å². The molecule has 0 N–H and O–H groups in total. The maximum Gasteiger partial charge on any atom is 0.455 e. The van der Waals surface area contributed by atoms with Crippen LogP contribution in [-0.4, -0.2) is 38.4 Å². The first-order valence-corrected chi connectivity index (χ1v) is 8.14. The van der Waals surface area contributed by atoms with Crippen LogP contribution in [0.25, 0.3) is 16.8 Å². The Kier molecular flexibility index (Phi) is 4.86. The summed E-state index contributed by atoms with van der Waals surface area (Å²) in [6, 6.07) is 3.09. The van der Waals surface area contributed by atoms with Crippen LogP contribution >= 0.6 is 0 Å².